The van der Waals surface area contributed by atoms with Crippen molar-refractivity contribution in [1.29, 1.82) is 0 Å². The normalized spacial score (nSPS) is 15.0. The first kappa shape index (κ1) is 19.6. The molecule has 0 radical (unpaired) electrons. The van der Waals surface area contributed by atoms with Crippen LogP contribution in [-0.2, 0) is 11.3 Å². The molecule has 144 valence electrons. The summed E-state index contributed by atoms with van der Waals surface area (Å²) in [6, 6.07) is 15.7. The van der Waals surface area contributed by atoms with Crippen LogP contribution in [0, 0.1) is 0 Å². The van der Waals surface area contributed by atoms with Gasteiger partial charge in [0.25, 0.3) is 5.91 Å². The highest BCUT2D eigenvalue weighted by molar-refractivity contribution is 7.98. The number of anilines is 1. The van der Waals surface area contributed by atoms with Crippen molar-refractivity contribution in [2.24, 2.45) is 0 Å². The molecule has 1 saturated heterocycles. The Morgan fingerprint density at radius 1 is 1.11 bits per heavy atom. The number of aromatic hydroxyl groups is 1. The number of quaternary nitrogens is 1. The SMILES string of the molecule is CSc1ccc(CN(C)C(=O)C[NH+]2CCN(c3ccc(O)cc3)CC2)cc1. The third kappa shape index (κ3) is 5.40. The van der Waals surface area contributed by atoms with Crippen molar-refractivity contribution < 1.29 is 14.8 Å². The molecule has 0 unspecified atom stereocenters. The Hall–Kier alpha value is -2.18. The Labute approximate surface area is 165 Å². The average Bonchev–Trinajstić information content (AvgIpc) is 2.70. The van der Waals surface area contributed by atoms with Crippen molar-refractivity contribution >= 4 is 23.4 Å². The first-order chi connectivity index (χ1) is 13.0. The zero-order chi connectivity index (χ0) is 19.2. The minimum Gasteiger partial charge on any atom is -0.508 e. The van der Waals surface area contributed by atoms with Gasteiger partial charge in [-0.05, 0) is 48.2 Å². The van der Waals surface area contributed by atoms with Gasteiger partial charge in [-0.15, -0.1) is 11.8 Å². The monoisotopic (exact) mass is 386 g/mol. The van der Waals surface area contributed by atoms with Crippen LogP contribution in [-0.4, -0.2) is 61.9 Å². The molecule has 1 aliphatic heterocycles. The molecule has 1 heterocycles. The van der Waals surface area contributed by atoms with Gasteiger partial charge in [-0.25, -0.2) is 0 Å². The highest BCUT2D eigenvalue weighted by Crippen LogP contribution is 2.18. The van der Waals surface area contributed by atoms with Gasteiger partial charge in [0.2, 0.25) is 0 Å². The number of thioether (sulfide) groups is 1. The molecule has 0 aliphatic carbocycles. The summed E-state index contributed by atoms with van der Waals surface area (Å²) in [5.74, 6) is 0.483. The molecule has 0 bridgehead atoms. The lowest BCUT2D eigenvalue weighted by molar-refractivity contribution is -0.892. The van der Waals surface area contributed by atoms with Crippen LogP contribution in [0.2, 0.25) is 0 Å². The zero-order valence-electron chi connectivity index (χ0n) is 16.0. The number of phenols is 1. The summed E-state index contributed by atoms with van der Waals surface area (Å²) in [7, 11) is 1.89. The van der Waals surface area contributed by atoms with E-state index in [1.807, 2.05) is 24.1 Å². The molecule has 0 aromatic heterocycles. The summed E-state index contributed by atoms with van der Waals surface area (Å²) >= 11 is 1.72. The number of rotatable bonds is 6. The molecule has 5 nitrogen and oxygen atoms in total. The van der Waals surface area contributed by atoms with Gasteiger partial charge in [-0.1, -0.05) is 12.1 Å². The largest absolute Gasteiger partial charge is 0.508 e. The maximum atomic E-state index is 12.6. The second-order valence-electron chi connectivity index (χ2n) is 7.03. The van der Waals surface area contributed by atoms with E-state index in [4.69, 9.17) is 0 Å². The lowest BCUT2D eigenvalue weighted by Gasteiger charge is -2.34. The number of carbonyl (C=O) groups is 1. The van der Waals surface area contributed by atoms with Crippen LogP contribution < -0.4 is 9.80 Å². The van der Waals surface area contributed by atoms with Gasteiger partial charge < -0.3 is 19.8 Å². The molecular formula is C21H28N3O2S+. The number of hydrogen-bond donors (Lipinski definition) is 2. The van der Waals surface area contributed by atoms with E-state index in [-0.39, 0.29) is 5.91 Å². The van der Waals surface area contributed by atoms with E-state index in [9.17, 15) is 9.90 Å². The first-order valence-electron chi connectivity index (χ1n) is 9.29. The quantitative estimate of drug-likeness (QED) is 0.739. The second kappa shape index (κ2) is 9.15. The Morgan fingerprint density at radius 3 is 2.33 bits per heavy atom. The molecule has 0 saturated carbocycles. The summed E-state index contributed by atoms with van der Waals surface area (Å²) in [5, 5.41) is 9.41. The van der Waals surface area contributed by atoms with Gasteiger partial charge in [0.05, 0.1) is 26.2 Å². The molecule has 0 spiro atoms. The van der Waals surface area contributed by atoms with E-state index in [1.54, 1.807) is 23.9 Å². The first-order valence-corrected chi connectivity index (χ1v) is 10.5. The van der Waals surface area contributed by atoms with Crippen molar-refractivity contribution in [2.75, 3.05) is 50.9 Å². The van der Waals surface area contributed by atoms with Crippen LogP contribution in [0.4, 0.5) is 5.69 Å². The third-order valence-electron chi connectivity index (χ3n) is 5.09. The van der Waals surface area contributed by atoms with Gasteiger partial charge in [0, 0.05) is 24.2 Å². The van der Waals surface area contributed by atoms with Crippen molar-refractivity contribution in [3.63, 3.8) is 0 Å². The minimum atomic E-state index is 0.192. The van der Waals surface area contributed by atoms with Crippen molar-refractivity contribution in [3.05, 3.63) is 54.1 Å². The van der Waals surface area contributed by atoms with E-state index in [0.717, 1.165) is 37.4 Å². The Morgan fingerprint density at radius 2 is 1.74 bits per heavy atom. The summed E-state index contributed by atoms with van der Waals surface area (Å²) in [6.07, 6.45) is 2.06. The summed E-state index contributed by atoms with van der Waals surface area (Å²) in [4.78, 5) is 19.3. The number of benzene rings is 2. The van der Waals surface area contributed by atoms with Crippen LogP contribution in [0.15, 0.2) is 53.4 Å². The molecule has 2 aromatic rings. The zero-order valence-corrected chi connectivity index (χ0v) is 16.8. The van der Waals surface area contributed by atoms with E-state index >= 15 is 0 Å². The minimum absolute atomic E-state index is 0.192. The van der Waals surface area contributed by atoms with Gasteiger partial charge in [-0.2, -0.15) is 0 Å². The molecule has 0 atom stereocenters. The molecular weight excluding hydrogens is 358 g/mol. The van der Waals surface area contributed by atoms with Crippen molar-refractivity contribution in [3.8, 4) is 5.75 Å². The molecule has 1 amide bonds. The Kier molecular flexibility index (Phi) is 6.63. The van der Waals surface area contributed by atoms with Crippen LogP contribution in [0.3, 0.4) is 0 Å². The van der Waals surface area contributed by atoms with E-state index in [2.05, 4.69) is 35.4 Å². The fourth-order valence-corrected chi connectivity index (χ4v) is 3.77. The van der Waals surface area contributed by atoms with E-state index in [0.29, 0.717) is 18.8 Å². The number of phenolic OH excluding ortho intramolecular Hbond substituents is 1. The molecule has 2 N–H and O–H groups in total. The number of amides is 1. The molecule has 3 rings (SSSR count). The fourth-order valence-electron chi connectivity index (χ4n) is 3.36. The summed E-state index contributed by atoms with van der Waals surface area (Å²) < 4.78 is 0. The van der Waals surface area contributed by atoms with Crippen molar-refractivity contribution in [2.45, 2.75) is 11.4 Å². The maximum absolute atomic E-state index is 12.6. The van der Waals surface area contributed by atoms with E-state index in [1.165, 1.54) is 9.80 Å². The molecule has 6 heteroatoms. The molecule has 1 aliphatic rings. The van der Waals surface area contributed by atoms with Crippen molar-refractivity contribution in [1.82, 2.24) is 4.90 Å². The maximum Gasteiger partial charge on any atom is 0.277 e. The van der Waals surface area contributed by atoms with Gasteiger partial charge in [0.15, 0.2) is 6.54 Å². The number of likely N-dealkylation sites (N-methyl/N-ethyl adjacent to an activating group) is 1. The summed E-state index contributed by atoms with van der Waals surface area (Å²) in [6.45, 7) is 4.94. The molecule has 2 aromatic carbocycles. The fraction of sp³-hybridized carbons (Fsp3) is 0.381. The van der Waals surface area contributed by atoms with Gasteiger partial charge >= 0.3 is 0 Å². The lowest BCUT2D eigenvalue weighted by atomic mass is 10.2. The Balaban J connectivity index is 1.46. The average molecular weight is 387 g/mol. The highest BCUT2D eigenvalue weighted by Gasteiger charge is 2.23. The van der Waals surface area contributed by atoms with Crippen LogP contribution in [0.1, 0.15) is 5.56 Å². The lowest BCUT2D eigenvalue weighted by Crippen LogP contribution is -3.15. The van der Waals surface area contributed by atoms with Gasteiger partial charge in [0.1, 0.15) is 5.75 Å². The molecule has 1 fully saturated rings. The standard InChI is InChI=1S/C21H27N3O2S/c1-22(15-17-3-9-20(27-2)10-4-17)21(26)16-23-11-13-24(14-12-23)18-5-7-19(25)8-6-18/h3-10,25H,11-16H2,1-2H3/p+1. The summed E-state index contributed by atoms with van der Waals surface area (Å²) in [5.41, 5.74) is 2.29. The van der Waals surface area contributed by atoms with Crippen LogP contribution in [0.25, 0.3) is 0 Å². The van der Waals surface area contributed by atoms with Crippen LogP contribution in [0.5, 0.6) is 5.75 Å². The predicted molar refractivity (Wildman–Crippen MR) is 111 cm³/mol. The van der Waals surface area contributed by atoms with E-state index < -0.39 is 0 Å². The smallest absolute Gasteiger partial charge is 0.277 e. The molecule has 27 heavy (non-hydrogen) atoms. The second-order valence-corrected chi connectivity index (χ2v) is 7.91. The number of hydrogen-bond acceptors (Lipinski definition) is 4. The Bertz CT molecular complexity index is 741. The third-order valence-corrected chi connectivity index (χ3v) is 5.83. The highest BCUT2D eigenvalue weighted by atomic mass is 32.2. The number of piperazine rings is 1. The topological polar surface area (TPSA) is 48.2 Å². The van der Waals surface area contributed by atoms with Crippen LogP contribution >= 0.6 is 11.8 Å². The number of nitrogens with one attached hydrogen (secondary N) is 1. The van der Waals surface area contributed by atoms with Gasteiger partial charge in [-0.3, -0.25) is 4.79 Å². The number of carbonyl (C=O) groups excluding carboxylic acids is 1. The predicted octanol–water partition coefficient (Wildman–Crippen LogP) is 1.48. The number of nitrogens with zero attached hydrogens (tertiary/aromatic N) is 2.